The van der Waals surface area contributed by atoms with Crippen molar-refractivity contribution in [3.63, 3.8) is 0 Å². The number of halogens is 1. The van der Waals surface area contributed by atoms with E-state index in [1.807, 2.05) is 32.8 Å². The van der Waals surface area contributed by atoms with Gasteiger partial charge in [-0.25, -0.2) is 12.8 Å². The second kappa shape index (κ2) is 7.20. The lowest BCUT2D eigenvalue weighted by Gasteiger charge is -2.25. The molecule has 120 valence electrons. The number of hydrogen-bond acceptors (Lipinski definition) is 4. The number of sulfonamides is 1. The summed E-state index contributed by atoms with van der Waals surface area (Å²) in [7, 11) is 0.0989. The van der Waals surface area contributed by atoms with Crippen LogP contribution in [0, 0.1) is 11.7 Å². The van der Waals surface area contributed by atoms with Crippen LogP contribution in [0.25, 0.3) is 0 Å². The minimum Gasteiger partial charge on any atom is -0.396 e. The second-order valence-electron chi connectivity index (χ2n) is 5.74. The Balaban J connectivity index is 3.09. The van der Waals surface area contributed by atoms with E-state index in [0.29, 0.717) is 19.6 Å². The fourth-order valence-electron chi connectivity index (χ4n) is 1.86. The number of nitrogen functional groups attached to an aromatic ring is 1. The molecule has 0 amide bonds. The molecular weight excluding hydrogens is 293 g/mol. The summed E-state index contributed by atoms with van der Waals surface area (Å²) in [5.74, 6) is -0.419. The molecule has 0 aliphatic carbocycles. The molecule has 0 aliphatic heterocycles. The molecular formula is C14H24FN3O2S. The van der Waals surface area contributed by atoms with Crippen LogP contribution < -0.4 is 5.73 Å². The molecule has 7 heteroatoms. The van der Waals surface area contributed by atoms with Crippen molar-refractivity contribution in [3.05, 3.63) is 24.0 Å². The molecule has 1 aromatic rings. The van der Waals surface area contributed by atoms with Gasteiger partial charge < -0.3 is 10.6 Å². The normalized spacial score (nSPS) is 12.6. The number of anilines is 1. The van der Waals surface area contributed by atoms with E-state index in [0.717, 1.165) is 6.07 Å². The predicted molar refractivity (Wildman–Crippen MR) is 83.0 cm³/mol. The van der Waals surface area contributed by atoms with Crippen molar-refractivity contribution in [2.24, 2.45) is 5.92 Å². The van der Waals surface area contributed by atoms with E-state index in [1.165, 1.54) is 16.4 Å². The van der Waals surface area contributed by atoms with E-state index in [2.05, 4.69) is 0 Å². The molecule has 0 bridgehead atoms. The molecule has 0 aromatic heterocycles. The molecule has 21 heavy (non-hydrogen) atoms. The minimum atomic E-state index is -3.67. The van der Waals surface area contributed by atoms with Gasteiger partial charge in [0, 0.05) is 19.6 Å². The van der Waals surface area contributed by atoms with E-state index in [1.54, 1.807) is 0 Å². The highest BCUT2D eigenvalue weighted by Gasteiger charge is 2.25. The maximum atomic E-state index is 13.2. The molecule has 0 atom stereocenters. The number of nitrogens with zero attached hydrogens (tertiary/aromatic N) is 2. The summed E-state index contributed by atoms with van der Waals surface area (Å²) in [5.41, 5.74) is 5.32. The van der Waals surface area contributed by atoms with Gasteiger partial charge in [0.1, 0.15) is 5.82 Å². The van der Waals surface area contributed by atoms with Gasteiger partial charge in [-0.3, -0.25) is 0 Å². The monoisotopic (exact) mass is 317 g/mol. The first-order valence-corrected chi connectivity index (χ1v) is 8.28. The zero-order valence-electron chi connectivity index (χ0n) is 13.0. The summed E-state index contributed by atoms with van der Waals surface area (Å²) in [6.45, 7) is 5.31. The highest BCUT2D eigenvalue weighted by Crippen LogP contribution is 2.21. The van der Waals surface area contributed by atoms with E-state index in [4.69, 9.17) is 5.73 Å². The van der Waals surface area contributed by atoms with Crippen LogP contribution in [-0.4, -0.2) is 51.4 Å². The molecule has 5 nitrogen and oxygen atoms in total. The molecule has 0 saturated carbocycles. The Labute approximate surface area is 126 Å². The molecule has 0 aliphatic rings. The molecule has 0 spiro atoms. The number of hydrogen-bond donors (Lipinski definition) is 1. The van der Waals surface area contributed by atoms with Crippen LogP contribution in [0.2, 0.25) is 0 Å². The van der Waals surface area contributed by atoms with Crippen LogP contribution in [0.4, 0.5) is 10.1 Å². The van der Waals surface area contributed by atoms with E-state index >= 15 is 0 Å². The Morgan fingerprint density at radius 1 is 1.24 bits per heavy atom. The quantitative estimate of drug-likeness (QED) is 0.776. The third-order valence-corrected chi connectivity index (χ3v) is 4.83. The van der Waals surface area contributed by atoms with Crippen molar-refractivity contribution >= 4 is 15.7 Å². The highest BCUT2D eigenvalue weighted by atomic mass is 32.2. The van der Waals surface area contributed by atoms with E-state index < -0.39 is 15.8 Å². The fraction of sp³-hybridized carbons (Fsp3) is 0.571. The van der Waals surface area contributed by atoms with Gasteiger partial charge in [0.15, 0.2) is 0 Å². The average molecular weight is 317 g/mol. The lowest BCUT2D eigenvalue weighted by atomic mass is 10.2. The van der Waals surface area contributed by atoms with Crippen molar-refractivity contribution in [3.8, 4) is 0 Å². The Bertz CT molecular complexity index is 574. The standard InChI is InChI=1S/C14H24FN3O2S/c1-11(2)10-18(8-7-17(3)4)21(19,20)12-5-6-13(15)14(16)9-12/h5-6,9,11H,7-8,10,16H2,1-4H3. The van der Waals surface area contributed by atoms with Gasteiger partial charge in [0.25, 0.3) is 0 Å². The lowest BCUT2D eigenvalue weighted by Crippen LogP contribution is -2.39. The summed E-state index contributed by atoms with van der Waals surface area (Å²) in [6.07, 6.45) is 0. The van der Waals surface area contributed by atoms with Crippen LogP contribution in [0.15, 0.2) is 23.1 Å². The largest absolute Gasteiger partial charge is 0.396 e. The molecule has 0 radical (unpaired) electrons. The first-order valence-electron chi connectivity index (χ1n) is 6.84. The van der Waals surface area contributed by atoms with Gasteiger partial charge in [0.05, 0.1) is 10.6 Å². The van der Waals surface area contributed by atoms with Crippen molar-refractivity contribution in [2.45, 2.75) is 18.7 Å². The predicted octanol–water partition coefficient (Wildman–Crippen LogP) is 1.62. The van der Waals surface area contributed by atoms with Crippen molar-refractivity contribution in [1.82, 2.24) is 9.21 Å². The smallest absolute Gasteiger partial charge is 0.243 e. The maximum absolute atomic E-state index is 13.2. The topological polar surface area (TPSA) is 66.6 Å². The van der Waals surface area contributed by atoms with Gasteiger partial charge in [0.2, 0.25) is 10.0 Å². The Hall–Kier alpha value is -1.18. The summed E-state index contributed by atoms with van der Waals surface area (Å²) in [6, 6.07) is 3.51. The zero-order chi connectivity index (χ0) is 16.2. The van der Waals surface area contributed by atoms with Gasteiger partial charge in [-0.15, -0.1) is 0 Å². The summed E-state index contributed by atoms with van der Waals surface area (Å²) >= 11 is 0. The van der Waals surface area contributed by atoms with Crippen LogP contribution >= 0.6 is 0 Å². The van der Waals surface area contributed by atoms with Gasteiger partial charge >= 0.3 is 0 Å². The summed E-state index contributed by atoms with van der Waals surface area (Å²) < 4.78 is 40.0. The molecule has 0 unspecified atom stereocenters. The SMILES string of the molecule is CC(C)CN(CCN(C)C)S(=O)(=O)c1ccc(F)c(N)c1. The summed E-state index contributed by atoms with van der Waals surface area (Å²) in [4.78, 5) is 1.95. The average Bonchev–Trinajstić information content (AvgIpc) is 2.36. The molecule has 1 aromatic carbocycles. The fourth-order valence-corrected chi connectivity index (χ4v) is 3.49. The number of benzene rings is 1. The van der Waals surface area contributed by atoms with E-state index in [9.17, 15) is 12.8 Å². The number of nitrogens with two attached hydrogens (primary N) is 1. The summed E-state index contributed by atoms with van der Waals surface area (Å²) in [5, 5.41) is 0. The second-order valence-corrected chi connectivity index (χ2v) is 7.68. The van der Waals surface area contributed by atoms with E-state index in [-0.39, 0.29) is 16.5 Å². The molecule has 2 N–H and O–H groups in total. The Morgan fingerprint density at radius 2 is 1.86 bits per heavy atom. The minimum absolute atomic E-state index is 0.0285. The molecule has 0 fully saturated rings. The van der Waals surface area contributed by atoms with Gasteiger partial charge in [-0.05, 0) is 38.2 Å². The molecule has 0 heterocycles. The van der Waals surface area contributed by atoms with Crippen molar-refractivity contribution in [1.29, 1.82) is 0 Å². The van der Waals surface area contributed by atoms with Gasteiger partial charge in [-0.2, -0.15) is 4.31 Å². The first-order chi connectivity index (χ1) is 9.64. The first kappa shape index (κ1) is 17.9. The van der Waals surface area contributed by atoms with Crippen LogP contribution in [0.5, 0.6) is 0 Å². The molecule has 1 rings (SSSR count). The Morgan fingerprint density at radius 3 is 2.33 bits per heavy atom. The van der Waals surface area contributed by atoms with Crippen LogP contribution in [0.1, 0.15) is 13.8 Å². The third kappa shape index (κ3) is 4.94. The molecule has 0 saturated heterocycles. The lowest BCUT2D eigenvalue weighted by molar-refractivity contribution is 0.312. The highest BCUT2D eigenvalue weighted by molar-refractivity contribution is 7.89. The maximum Gasteiger partial charge on any atom is 0.243 e. The van der Waals surface area contributed by atoms with Crippen molar-refractivity contribution < 1.29 is 12.8 Å². The van der Waals surface area contributed by atoms with Crippen LogP contribution in [-0.2, 0) is 10.0 Å². The van der Waals surface area contributed by atoms with Crippen LogP contribution in [0.3, 0.4) is 0 Å². The zero-order valence-corrected chi connectivity index (χ0v) is 13.8. The number of rotatable bonds is 7. The van der Waals surface area contributed by atoms with Gasteiger partial charge in [-0.1, -0.05) is 13.8 Å². The van der Waals surface area contributed by atoms with Crippen molar-refractivity contribution in [2.75, 3.05) is 39.5 Å². The Kier molecular flexibility index (Phi) is 6.12. The third-order valence-electron chi connectivity index (χ3n) is 2.97. The number of likely N-dealkylation sites (N-methyl/N-ethyl adjacent to an activating group) is 1.